The van der Waals surface area contributed by atoms with E-state index in [0.29, 0.717) is 43.2 Å². The molecule has 0 aliphatic carbocycles. The van der Waals surface area contributed by atoms with Crippen LogP contribution in [0.4, 0.5) is 0 Å². The van der Waals surface area contributed by atoms with E-state index < -0.39 is 5.60 Å². The minimum absolute atomic E-state index is 0.0317. The summed E-state index contributed by atoms with van der Waals surface area (Å²) in [6, 6.07) is 6.99. The Hall–Kier alpha value is -1.09. The van der Waals surface area contributed by atoms with Gasteiger partial charge in [-0.15, -0.1) is 0 Å². The predicted molar refractivity (Wildman–Crippen MR) is 132 cm³/mol. The predicted octanol–water partition coefficient (Wildman–Crippen LogP) is 3.80. The molecule has 0 atom stereocenters. The Kier molecular flexibility index (Phi) is 10.8. The molecule has 2 rings (SSSR count). The summed E-state index contributed by atoms with van der Waals surface area (Å²) in [5.74, 6) is 2.59. The normalized spacial score (nSPS) is 15.2. The van der Waals surface area contributed by atoms with E-state index in [2.05, 4.69) is 24.3 Å². The highest BCUT2D eigenvalue weighted by molar-refractivity contribution is 8.76. The fourth-order valence-corrected chi connectivity index (χ4v) is 5.43. The molecule has 9 heteroatoms. The van der Waals surface area contributed by atoms with Crippen molar-refractivity contribution in [1.29, 1.82) is 0 Å². The average molecular weight is 488 g/mol. The van der Waals surface area contributed by atoms with Crippen LogP contribution in [0.25, 0.3) is 0 Å². The van der Waals surface area contributed by atoms with Crippen LogP contribution in [0.5, 0.6) is 5.75 Å². The van der Waals surface area contributed by atoms with E-state index in [1.54, 1.807) is 53.8 Å². The van der Waals surface area contributed by atoms with E-state index >= 15 is 0 Å². The van der Waals surface area contributed by atoms with Gasteiger partial charge in [0.15, 0.2) is 5.60 Å². The number of benzene rings is 1. The molecule has 174 valence electrons. The Morgan fingerprint density at radius 3 is 2.39 bits per heavy atom. The quantitative estimate of drug-likeness (QED) is 0.378. The van der Waals surface area contributed by atoms with Gasteiger partial charge < -0.3 is 19.9 Å². The summed E-state index contributed by atoms with van der Waals surface area (Å²) < 4.78 is 5.92. The van der Waals surface area contributed by atoms with Gasteiger partial charge in [0, 0.05) is 48.6 Å². The summed E-state index contributed by atoms with van der Waals surface area (Å²) in [5.41, 5.74) is -0.982. The molecule has 0 spiro atoms. The molecule has 0 saturated carbocycles. The zero-order valence-corrected chi connectivity index (χ0v) is 21.2. The number of piperidine rings is 1. The minimum Gasteiger partial charge on any atom is -0.478 e. The first-order valence-electron chi connectivity index (χ1n) is 10.6. The van der Waals surface area contributed by atoms with Crippen LogP contribution < -0.4 is 10.1 Å². The fraction of sp³-hybridized carbons (Fsp3) is 0.636. The number of nitrogens with zero attached hydrogens (tertiary/aromatic N) is 2. The minimum atomic E-state index is -0.982. The number of likely N-dealkylation sites (tertiary alicyclic amines) is 1. The maximum absolute atomic E-state index is 13.0. The van der Waals surface area contributed by atoms with Gasteiger partial charge in [-0.25, -0.2) is 0 Å². The number of ether oxygens (including phenoxy) is 1. The molecule has 1 saturated heterocycles. The molecular weight excluding hydrogens is 454 g/mol. The second kappa shape index (κ2) is 12.8. The van der Waals surface area contributed by atoms with Crippen LogP contribution in [0.3, 0.4) is 0 Å². The lowest BCUT2D eigenvalue weighted by atomic mass is 9.94. The van der Waals surface area contributed by atoms with Crippen molar-refractivity contribution >= 4 is 45.0 Å². The Morgan fingerprint density at radius 2 is 1.77 bits per heavy atom. The van der Waals surface area contributed by atoms with Crippen LogP contribution in [-0.4, -0.2) is 79.0 Å². The van der Waals surface area contributed by atoms with Gasteiger partial charge in [-0.3, -0.25) is 9.59 Å². The van der Waals surface area contributed by atoms with Crippen LogP contribution >= 0.6 is 33.2 Å². The van der Waals surface area contributed by atoms with Crippen molar-refractivity contribution < 1.29 is 14.3 Å². The third-order valence-electron chi connectivity index (χ3n) is 5.04. The van der Waals surface area contributed by atoms with Crippen LogP contribution in [0.15, 0.2) is 24.3 Å². The van der Waals surface area contributed by atoms with Crippen molar-refractivity contribution in [1.82, 2.24) is 15.1 Å². The first-order chi connectivity index (χ1) is 14.7. The Bertz CT molecular complexity index is 708. The van der Waals surface area contributed by atoms with Crippen LogP contribution in [0.1, 0.15) is 26.7 Å². The number of carbonyl (C=O) groups excluding carboxylic acids is 2. The van der Waals surface area contributed by atoms with Gasteiger partial charge in [-0.2, -0.15) is 0 Å². The number of halogens is 1. The van der Waals surface area contributed by atoms with Gasteiger partial charge in [-0.05, 0) is 65.0 Å². The Labute approximate surface area is 199 Å². The standard InChI is InChI=1S/C22H34ClN3O3S2/c1-22(2,29-19-7-5-18(23)6-8-19)21(28)26-12-9-17(10-13-26)20(27)24-11-15-30-31-16-14-25(3)4/h5-8,17H,9-16H2,1-4H3,(H,24,27). The van der Waals surface area contributed by atoms with E-state index in [-0.39, 0.29) is 17.7 Å². The van der Waals surface area contributed by atoms with Gasteiger partial charge in [0.2, 0.25) is 5.91 Å². The molecule has 1 N–H and O–H groups in total. The number of nitrogens with one attached hydrogen (secondary N) is 1. The molecule has 0 bridgehead atoms. The van der Waals surface area contributed by atoms with E-state index in [1.165, 1.54) is 0 Å². The third-order valence-corrected chi connectivity index (χ3v) is 7.68. The molecule has 0 radical (unpaired) electrons. The van der Waals surface area contributed by atoms with Gasteiger partial charge in [0.1, 0.15) is 5.75 Å². The second-order valence-electron chi connectivity index (χ2n) is 8.37. The monoisotopic (exact) mass is 487 g/mol. The first kappa shape index (κ1) is 26.2. The molecule has 1 aromatic carbocycles. The SMILES string of the molecule is CN(C)CCSSCCNC(=O)C1CCN(C(=O)C(C)(C)Oc2ccc(Cl)cc2)CC1. The van der Waals surface area contributed by atoms with Gasteiger partial charge >= 0.3 is 0 Å². The van der Waals surface area contributed by atoms with Gasteiger partial charge in [-0.1, -0.05) is 33.2 Å². The molecule has 31 heavy (non-hydrogen) atoms. The third kappa shape index (κ3) is 9.12. The smallest absolute Gasteiger partial charge is 0.266 e. The van der Waals surface area contributed by atoms with Crippen LogP contribution in [0.2, 0.25) is 5.02 Å². The molecule has 1 aliphatic rings. The van der Waals surface area contributed by atoms with E-state index in [9.17, 15) is 9.59 Å². The zero-order valence-electron chi connectivity index (χ0n) is 18.9. The maximum atomic E-state index is 13.0. The van der Waals surface area contributed by atoms with Crippen molar-refractivity contribution in [3.05, 3.63) is 29.3 Å². The number of hydrogen-bond donors (Lipinski definition) is 1. The van der Waals surface area contributed by atoms with Crippen molar-refractivity contribution in [3.63, 3.8) is 0 Å². The molecule has 1 aliphatic heterocycles. The van der Waals surface area contributed by atoms with E-state index in [0.717, 1.165) is 18.1 Å². The summed E-state index contributed by atoms with van der Waals surface area (Å²) in [7, 11) is 7.77. The van der Waals surface area contributed by atoms with Crippen LogP contribution in [-0.2, 0) is 9.59 Å². The number of amides is 2. The van der Waals surface area contributed by atoms with Crippen molar-refractivity contribution in [3.8, 4) is 5.75 Å². The summed E-state index contributed by atoms with van der Waals surface area (Å²) >= 11 is 5.91. The van der Waals surface area contributed by atoms with Crippen molar-refractivity contribution in [2.45, 2.75) is 32.3 Å². The van der Waals surface area contributed by atoms with E-state index in [4.69, 9.17) is 16.3 Å². The number of carbonyl (C=O) groups is 2. The highest BCUT2D eigenvalue weighted by Crippen LogP contribution is 2.25. The second-order valence-corrected chi connectivity index (χ2v) is 11.5. The van der Waals surface area contributed by atoms with Gasteiger partial charge in [0.25, 0.3) is 5.91 Å². The Morgan fingerprint density at radius 1 is 1.16 bits per heavy atom. The fourth-order valence-electron chi connectivity index (χ4n) is 3.26. The molecular formula is C22H34ClN3O3S2. The summed E-state index contributed by atoms with van der Waals surface area (Å²) in [5, 5.41) is 3.66. The summed E-state index contributed by atoms with van der Waals surface area (Å²) in [4.78, 5) is 29.4. The first-order valence-corrected chi connectivity index (χ1v) is 13.5. The lowest BCUT2D eigenvalue weighted by Gasteiger charge is -2.36. The maximum Gasteiger partial charge on any atom is 0.266 e. The van der Waals surface area contributed by atoms with Crippen LogP contribution in [0, 0.1) is 5.92 Å². The Balaban J connectivity index is 1.69. The summed E-state index contributed by atoms with van der Waals surface area (Å²) in [6.07, 6.45) is 1.36. The highest BCUT2D eigenvalue weighted by atomic mass is 35.5. The average Bonchev–Trinajstić information content (AvgIpc) is 2.73. The molecule has 1 heterocycles. The van der Waals surface area contributed by atoms with Crippen molar-refractivity contribution in [2.24, 2.45) is 5.92 Å². The highest BCUT2D eigenvalue weighted by Gasteiger charge is 2.37. The molecule has 2 amide bonds. The topological polar surface area (TPSA) is 61.9 Å². The molecule has 6 nitrogen and oxygen atoms in total. The summed E-state index contributed by atoms with van der Waals surface area (Å²) in [6.45, 7) is 6.43. The molecule has 0 unspecified atom stereocenters. The number of rotatable bonds is 11. The molecule has 1 aromatic rings. The van der Waals surface area contributed by atoms with Gasteiger partial charge in [0.05, 0.1) is 0 Å². The van der Waals surface area contributed by atoms with Crippen molar-refractivity contribution in [2.75, 3.05) is 51.8 Å². The number of hydrogen-bond acceptors (Lipinski definition) is 6. The largest absolute Gasteiger partial charge is 0.478 e. The zero-order chi connectivity index (χ0) is 22.9. The molecule has 0 aromatic heterocycles. The van der Waals surface area contributed by atoms with E-state index in [1.807, 2.05) is 10.8 Å². The lowest BCUT2D eigenvalue weighted by Crippen LogP contribution is -2.52. The lowest BCUT2D eigenvalue weighted by molar-refractivity contribution is -0.148. The molecule has 1 fully saturated rings.